The molecule has 1 atom stereocenters. The predicted molar refractivity (Wildman–Crippen MR) is 106 cm³/mol. The van der Waals surface area contributed by atoms with Crippen molar-refractivity contribution >= 4 is 29.7 Å². The fourth-order valence-corrected chi connectivity index (χ4v) is 3.81. The molecule has 26 heavy (non-hydrogen) atoms. The monoisotopic (exact) mass is 376 g/mol. The third kappa shape index (κ3) is 4.14. The lowest BCUT2D eigenvalue weighted by atomic mass is 9.98. The Morgan fingerprint density at radius 1 is 1.31 bits per heavy atom. The molecular weight excluding hydrogens is 348 g/mol. The van der Waals surface area contributed by atoms with Gasteiger partial charge in [0, 0.05) is 36.9 Å². The van der Waals surface area contributed by atoms with Crippen molar-refractivity contribution in [2.45, 2.75) is 63.4 Å². The summed E-state index contributed by atoms with van der Waals surface area (Å²) in [5, 5.41) is 0.794. The Labute approximate surface area is 160 Å². The molecule has 3 rings (SSSR count). The second kappa shape index (κ2) is 7.47. The summed E-state index contributed by atoms with van der Waals surface area (Å²) in [6, 6.07) is 0.641. The van der Waals surface area contributed by atoms with Crippen LogP contribution >= 0.6 is 11.8 Å². The van der Waals surface area contributed by atoms with Crippen molar-refractivity contribution in [3.8, 4) is 0 Å². The van der Waals surface area contributed by atoms with E-state index in [0.29, 0.717) is 19.1 Å². The van der Waals surface area contributed by atoms with Crippen molar-refractivity contribution < 1.29 is 9.53 Å². The first-order valence-electron chi connectivity index (χ1n) is 9.14. The number of carbonyl (C=O) groups is 1. The summed E-state index contributed by atoms with van der Waals surface area (Å²) in [6.45, 7) is 9.32. The number of ether oxygens (including phenoxy) is 1. The Bertz CT molecular complexity index is 693. The Morgan fingerprint density at radius 3 is 2.62 bits per heavy atom. The zero-order chi connectivity index (χ0) is 18.9. The Morgan fingerprint density at radius 2 is 2.00 bits per heavy atom. The number of aromatic nitrogens is 2. The molecule has 0 aliphatic carbocycles. The molecule has 1 saturated heterocycles. The lowest BCUT2D eigenvalue weighted by Gasteiger charge is -2.43. The maximum atomic E-state index is 12.3. The Kier molecular flexibility index (Phi) is 5.46. The number of amides is 1. The van der Waals surface area contributed by atoms with Crippen molar-refractivity contribution in [1.29, 1.82) is 0 Å². The second-order valence-corrected chi connectivity index (χ2v) is 8.61. The third-order valence-electron chi connectivity index (χ3n) is 4.70. The summed E-state index contributed by atoms with van der Waals surface area (Å²) >= 11 is 1.56. The molecule has 0 N–H and O–H groups in total. The number of nitrogens with zero attached hydrogens (tertiary/aromatic N) is 4. The van der Waals surface area contributed by atoms with Crippen molar-refractivity contribution in [2.24, 2.45) is 0 Å². The molecule has 1 unspecified atom stereocenters. The number of piperidine rings is 1. The van der Waals surface area contributed by atoms with Crippen LogP contribution in [0.3, 0.4) is 0 Å². The molecule has 0 radical (unpaired) electrons. The van der Waals surface area contributed by atoms with E-state index in [4.69, 9.17) is 9.72 Å². The second-order valence-electron chi connectivity index (χ2n) is 7.84. The maximum Gasteiger partial charge on any atom is 0.410 e. The van der Waals surface area contributed by atoms with Gasteiger partial charge >= 0.3 is 6.09 Å². The number of rotatable bonds is 2. The van der Waals surface area contributed by atoms with Crippen LogP contribution in [0.2, 0.25) is 0 Å². The summed E-state index contributed by atoms with van der Waals surface area (Å²) in [5.41, 5.74) is 0.611. The summed E-state index contributed by atoms with van der Waals surface area (Å²) in [4.78, 5) is 25.7. The molecule has 2 aliphatic rings. The Balaban J connectivity index is 1.71. The van der Waals surface area contributed by atoms with Gasteiger partial charge in [0.05, 0.1) is 0 Å². The van der Waals surface area contributed by atoms with Crippen molar-refractivity contribution in [1.82, 2.24) is 14.9 Å². The number of hydrogen-bond acceptors (Lipinski definition) is 6. The fraction of sp³-hybridized carbons (Fsp3) is 0.632. The van der Waals surface area contributed by atoms with E-state index in [2.05, 4.69) is 29.0 Å². The van der Waals surface area contributed by atoms with E-state index in [1.54, 1.807) is 11.8 Å². The fourth-order valence-electron chi connectivity index (χ4n) is 3.48. The first kappa shape index (κ1) is 19.0. The first-order chi connectivity index (χ1) is 12.3. The predicted octanol–water partition coefficient (Wildman–Crippen LogP) is 3.82. The van der Waals surface area contributed by atoms with E-state index in [1.807, 2.05) is 38.1 Å². The molecule has 1 aromatic rings. The van der Waals surface area contributed by atoms with Crippen LogP contribution in [-0.2, 0) is 4.74 Å². The molecule has 0 saturated carbocycles. The van der Waals surface area contributed by atoms with Crippen molar-refractivity contribution in [3.63, 3.8) is 0 Å². The number of likely N-dealkylation sites (tertiary alicyclic amines) is 1. The van der Waals surface area contributed by atoms with Crippen LogP contribution in [0.1, 0.15) is 46.1 Å². The lowest BCUT2D eigenvalue weighted by molar-refractivity contribution is 0.0204. The van der Waals surface area contributed by atoms with E-state index in [9.17, 15) is 4.79 Å². The molecule has 3 heterocycles. The molecule has 7 heteroatoms. The van der Waals surface area contributed by atoms with Crippen LogP contribution in [0.25, 0.3) is 6.08 Å². The van der Waals surface area contributed by atoms with Gasteiger partial charge in [0.1, 0.15) is 11.4 Å². The van der Waals surface area contributed by atoms with Crippen LogP contribution in [0.5, 0.6) is 0 Å². The summed E-state index contributed by atoms with van der Waals surface area (Å²) < 4.78 is 5.50. The van der Waals surface area contributed by atoms with E-state index < -0.39 is 5.60 Å². The van der Waals surface area contributed by atoms with E-state index in [1.165, 1.54) is 0 Å². The smallest absolute Gasteiger partial charge is 0.410 e. The van der Waals surface area contributed by atoms with Crippen LogP contribution < -0.4 is 4.90 Å². The molecular formula is C19H28N4O2S. The minimum Gasteiger partial charge on any atom is -0.444 e. The molecule has 0 spiro atoms. The number of carbonyl (C=O) groups excluding carboxylic acids is 1. The van der Waals surface area contributed by atoms with Crippen molar-refractivity contribution in [2.75, 3.05) is 24.2 Å². The molecule has 1 amide bonds. The first-order valence-corrected chi connectivity index (χ1v) is 10.4. The van der Waals surface area contributed by atoms with Gasteiger partial charge in [-0.15, -0.1) is 0 Å². The van der Waals surface area contributed by atoms with Gasteiger partial charge in [-0.05, 0) is 46.8 Å². The molecule has 0 aromatic carbocycles. The molecule has 142 valence electrons. The number of thioether (sulfide) groups is 1. The molecule has 1 fully saturated rings. The topological polar surface area (TPSA) is 58.6 Å². The zero-order valence-corrected chi connectivity index (χ0v) is 17.0. The van der Waals surface area contributed by atoms with E-state index in [-0.39, 0.29) is 12.1 Å². The molecule has 6 nitrogen and oxygen atoms in total. The summed E-state index contributed by atoms with van der Waals surface area (Å²) in [6.07, 6.45) is 9.81. The number of hydrogen-bond donors (Lipinski definition) is 0. The van der Waals surface area contributed by atoms with Gasteiger partial charge in [-0.1, -0.05) is 23.9 Å². The van der Waals surface area contributed by atoms with Gasteiger partial charge in [-0.2, -0.15) is 0 Å². The largest absolute Gasteiger partial charge is 0.444 e. The number of fused-ring (bicyclic) bond motifs is 1. The van der Waals surface area contributed by atoms with Gasteiger partial charge in [-0.3, -0.25) is 0 Å². The van der Waals surface area contributed by atoms with Gasteiger partial charge in [0.25, 0.3) is 0 Å². The maximum absolute atomic E-state index is 12.3. The van der Waals surface area contributed by atoms with Crippen LogP contribution in [0.15, 0.2) is 17.4 Å². The molecule has 1 aromatic heterocycles. The molecule has 2 aliphatic heterocycles. The highest BCUT2D eigenvalue weighted by Gasteiger charge is 2.33. The molecule has 0 bridgehead atoms. The minimum atomic E-state index is -0.454. The average molecular weight is 377 g/mol. The van der Waals surface area contributed by atoms with Crippen LogP contribution in [0.4, 0.5) is 10.6 Å². The highest BCUT2D eigenvalue weighted by Crippen LogP contribution is 2.33. The van der Waals surface area contributed by atoms with E-state index in [0.717, 1.165) is 29.4 Å². The van der Waals surface area contributed by atoms with Gasteiger partial charge in [0.2, 0.25) is 0 Å². The lowest BCUT2D eigenvalue weighted by Crippen LogP contribution is -2.51. The quantitative estimate of drug-likeness (QED) is 0.578. The third-order valence-corrected chi connectivity index (χ3v) is 5.27. The standard InChI is InChI=1S/C19H28N4O2S/c1-13-6-7-14-12-20-17(26-5)21-16(14)23(13)15-8-10-22(11-9-15)18(24)25-19(2,3)4/h6-7,12-13,15H,8-11H2,1-5H3. The SMILES string of the molecule is CSc1ncc2c(n1)N(C1CCN(C(=O)OC(C)(C)C)CC1)C(C)C=C2. The van der Waals surface area contributed by atoms with E-state index >= 15 is 0 Å². The minimum absolute atomic E-state index is 0.213. The van der Waals surface area contributed by atoms with Gasteiger partial charge in [0.15, 0.2) is 5.16 Å². The average Bonchev–Trinajstić information content (AvgIpc) is 2.60. The zero-order valence-electron chi connectivity index (χ0n) is 16.2. The highest BCUT2D eigenvalue weighted by atomic mass is 32.2. The van der Waals surface area contributed by atoms with Gasteiger partial charge < -0.3 is 14.5 Å². The van der Waals surface area contributed by atoms with Crippen LogP contribution in [0, 0.1) is 0 Å². The van der Waals surface area contributed by atoms with Gasteiger partial charge in [-0.25, -0.2) is 14.8 Å². The van der Waals surface area contributed by atoms with Crippen molar-refractivity contribution in [3.05, 3.63) is 17.8 Å². The normalized spacial score (nSPS) is 20.9. The Hall–Kier alpha value is -1.76. The summed E-state index contributed by atoms with van der Waals surface area (Å²) in [5.74, 6) is 1.01. The highest BCUT2D eigenvalue weighted by molar-refractivity contribution is 7.98. The summed E-state index contributed by atoms with van der Waals surface area (Å²) in [7, 11) is 0. The van der Waals surface area contributed by atoms with Crippen LogP contribution in [-0.4, -0.2) is 58.0 Å². The number of anilines is 1.